The van der Waals surface area contributed by atoms with Crippen molar-refractivity contribution in [3.05, 3.63) is 0 Å². The average molecular weight is 171 g/mol. The van der Waals surface area contributed by atoms with E-state index in [1.807, 2.05) is 0 Å². The molecule has 2 aliphatic rings. The largest absolute Gasteiger partial charge is 0.393 e. The van der Waals surface area contributed by atoms with E-state index in [0.29, 0.717) is 6.04 Å². The Kier molecular flexibility index (Phi) is 2.63. The lowest BCUT2D eigenvalue weighted by atomic mass is 10.2. The molecule has 70 valence electrons. The van der Waals surface area contributed by atoms with Crippen molar-refractivity contribution in [1.29, 1.82) is 0 Å². The summed E-state index contributed by atoms with van der Waals surface area (Å²) in [6.07, 6.45) is 3.08. The highest BCUT2D eigenvalue weighted by Crippen LogP contribution is 2.24. The van der Waals surface area contributed by atoms with Gasteiger partial charge in [-0.15, -0.1) is 0 Å². The highest BCUT2D eigenvalue weighted by Gasteiger charge is 2.28. The molecule has 2 fully saturated rings. The van der Waals surface area contributed by atoms with E-state index in [-0.39, 0.29) is 6.10 Å². The van der Waals surface area contributed by atoms with Gasteiger partial charge in [-0.1, -0.05) is 0 Å². The third kappa shape index (κ3) is 1.79. The number of aliphatic hydroxyl groups excluding tert-OH is 1. The quantitative estimate of drug-likeness (QED) is 0.613. The molecule has 1 aliphatic heterocycles. The number of hydrogen-bond donors (Lipinski definition) is 1. The molecule has 3 nitrogen and oxygen atoms in total. The second kappa shape index (κ2) is 3.73. The summed E-state index contributed by atoms with van der Waals surface area (Å²) in [5.41, 5.74) is 0. The predicted molar refractivity (Wildman–Crippen MR) is 46.0 cm³/mol. The van der Waals surface area contributed by atoms with E-state index in [4.69, 9.17) is 4.74 Å². The van der Waals surface area contributed by atoms with Crippen molar-refractivity contribution in [2.45, 2.75) is 31.4 Å². The van der Waals surface area contributed by atoms with E-state index in [2.05, 4.69) is 4.90 Å². The monoisotopic (exact) mass is 171 g/mol. The van der Waals surface area contributed by atoms with Gasteiger partial charge in [0, 0.05) is 19.1 Å². The lowest BCUT2D eigenvalue weighted by molar-refractivity contribution is 0.0152. The number of hydrogen-bond acceptors (Lipinski definition) is 3. The van der Waals surface area contributed by atoms with Crippen molar-refractivity contribution in [1.82, 2.24) is 4.90 Å². The van der Waals surface area contributed by atoms with E-state index >= 15 is 0 Å². The second-order valence-corrected chi connectivity index (χ2v) is 3.77. The fourth-order valence-electron chi connectivity index (χ4n) is 2.21. The standard InChI is InChI=1S/C9H17NO2/c11-9-2-1-8(7-9)10-3-5-12-6-4-10/h8-9,11H,1-7H2/t8-,9-/m0/s1. The van der Waals surface area contributed by atoms with Crippen LogP contribution in [-0.4, -0.2) is 48.5 Å². The van der Waals surface area contributed by atoms with Crippen LogP contribution in [-0.2, 0) is 4.74 Å². The maximum atomic E-state index is 9.37. The minimum Gasteiger partial charge on any atom is -0.393 e. The SMILES string of the molecule is O[C@H]1CC[C@H](N2CCOCC2)C1. The molecule has 0 aromatic heterocycles. The maximum Gasteiger partial charge on any atom is 0.0594 e. The van der Waals surface area contributed by atoms with Crippen molar-refractivity contribution < 1.29 is 9.84 Å². The summed E-state index contributed by atoms with van der Waals surface area (Å²) >= 11 is 0. The predicted octanol–water partition coefficient (Wildman–Crippen LogP) is 0.232. The van der Waals surface area contributed by atoms with Crippen LogP contribution >= 0.6 is 0 Å². The van der Waals surface area contributed by atoms with Gasteiger partial charge in [0.25, 0.3) is 0 Å². The molecule has 2 atom stereocenters. The summed E-state index contributed by atoms with van der Waals surface area (Å²) in [5.74, 6) is 0. The molecule has 0 aromatic rings. The molecule has 2 rings (SSSR count). The van der Waals surface area contributed by atoms with Crippen molar-refractivity contribution in [2.75, 3.05) is 26.3 Å². The Labute approximate surface area is 73.3 Å². The number of aliphatic hydroxyl groups is 1. The Morgan fingerprint density at radius 3 is 2.50 bits per heavy atom. The Hall–Kier alpha value is -0.120. The summed E-state index contributed by atoms with van der Waals surface area (Å²) < 4.78 is 5.28. The molecule has 0 radical (unpaired) electrons. The molecule has 3 heteroatoms. The minimum atomic E-state index is -0.0437. The Bertz CT molecular complexity index is 143. The van der Waals surface area contributed by atoms with E-state index in [1.54, 1.807) is 0 Å². The maximum absolute atomic E-state index is 9.37. The molecule has 1 N–H and O–H groups in total. The van der Waals surface area contributed by atoms with Crippen molar-refractivity contribution >= 4 is 0 Å². The Balaban J connectivity index is 1.83. The van der Waals surface area contributed by atoms with Gasteiger partial charge >= 0.3 is 0 Å². The second-order valence-electron chi connectivity index (χ2n) is 3.77. The van der Waals surface area contributed by atoms with Gasteiger partial charge in [-0.25, -0.2) is 0 Å². The molecule has 1 saturated heterocycles. The molecular formula is C9H17NO2. The van der Waals surface area contributed by atoms with Crippen molar-refractivity contribution in [3.63, 3.8) is 0 Å². The Morgan fingerprint density at radius 1 is 1.17 bits per heavy atom. The summed E-state index contributed by atoms with van der Waals surface area (Å²) in [6.45, 7) is 3.84. The van der Waals surface area contributed by atoms with Gasteiger partial charge in [0.15, 0.2) is 0 Å². The summed E-state index contributed by atoms with van der Waals surface area (Å²) in [4.78, 5) is 2.46. The van der Waals surface area contributed by atoms with Crippen molar-refractivity contribution in [2.24, 2.45) is 0 Å². The summed E-state index contributed by atoms with van der Waals surface area (Å²) in [5, 5.41) is 9.37. The molecule has 1 aliphatic carbocycles. The van der Waals surface area contributed by atoms with Crippen LogP contribution in [0.5, 0.6) is 0 Å². The number of morpholine rings is 1. The molecule has 1 heterocycles. The van der Waals surface area contributed by atoms with Gasteiger partial charge in [0.1, 0.15) is 0 Å². The minimum absolute atomic E-state index is 0.0437. The van der Waals surface area contributed by atoms with Crippen LogP contribution < -0.4 is 0 Å². The highest BCUT2D eigenvalue weighted by atomic mass is 16.5. The van der Waals surface area contributed by atoms with E-state index in [1.165, 1.54) is 6.42 Å². The Morgan fingerprint density at radius 2 is 1.92 bits per heavy atom. The van der Waals surface area contributed by atoms with Gasteiger partial charge in [-0.05, 0) is 19.3 Å². The van der Waals surface area contributed by atoms with Gasteiger partial charge in [-0.3, -0.25) is 4.90 Å². The highest BCUT2D eigenvalue weighted by molar-refractivity contribution is 4.83. The van der Waals surface area contributed by atoms with Gasteiger partial charge < -0.3 is 9.84 Å². The first-order valence-corrected chi connectivity index (χ1v) is 4.86. The average Bonchev–Trinajstić information content (AvgIpc) is 2.54. The summed E-state index contributed by atoms with van der Waals surface area (Å²) in [7, 11) is 0. The first-order valence-electron chi connectivity index (χ1n) is 4.86. The number of ether oxygens (including phenoxy) is 1. The summed E-state index contributed by atoms with van der Waals surface area (Å²) in [6, 6.07) is 0.629. The van der Waals surface area contributed by atoms with Crippen LogP contribution in [0.2, 0.25) is 0 Å². The van der Waals surface area contributed by atoms with Gasteiger partial charge in [-0.2, -0.15) is 0 Å². The van der Waals surface area contributed by atoms with Crippen LogP contribution in [0.1, 0.15) is 19.3 Å². The van der Waals surface area contributed by atoms with E-state index in [0.717, 1.165) is 39.1 Å². The molecule has 0 aromatic carbocycles. The third-order valence-electron chi connectivity index (χ3n) is 2.94. The fraction of sp³-hybridized carbons (Fsp3) is 1.00. The van der Waals surface area contributed by atoms with E-state index in [9.17, 15) is 5.11 Å². The molecule has 12 heavy (non-hydrogen) atoms. The van der Waals surface area contributed by atoms with Gasteiger partial charge in [0.05, 0.1) is 19.3 Å². The first-order chi connectivity index (χ1) is 5.86. The zero-order chi connectivity index (χ0) is 8.39. The smallest absolute Gasteiger partial charge is 0.0594 e. The molecule has 1 saturated carbocycles. The lowest BCUT2D eigenvalue weighted by Gasteiger charge is -2.31. The molecular weight excluding hydrogens is 154 g/mol. The van der Waals surface area contributed by atoms with E-state index < -0.39 is 0 Å². The third-order valence-corrected chi connectivity index (χ3v) is 2.94. The lowest BCUT2D eigenvalue weighted by Crippen LogP contribution is -2.42. The zero-order valence-electron chi connectivity index (χ0n) is 7.41. The van der Waals surface area contributed by atoms with Crippen LogP contribution in [0.15, 0.2) is 0 Å². The number of rotatable bonds is 1. The first kappa shape index (κ1) is 8.48. The van der Waals surface area contributed by atoms with Crippen LogP contribution in [0, 0.1) is 0 Å². The van der Waals surface area contributed by atoms with Crippen LogP contribution in [0.3, 0.4) is 0 Å². The fourth-order valence-corrected chi connectivity index (χ4v) is 2.21. The van der Waals surface area contributed by atoms with Crippen LogP contribution in [0.25, 0.3) is 0 Å². The zero-order valence-corrected chi connectivity index (χ0v) is 7.41. The molecule has 0 bridgehead atoms. The van der Waals surface area contributed by atoms with Crippen molar-refractivity contribution in [3.8, 4) is 0 Å². The topological polar surface area (TPSA) is 32.7 Å². The van der Waals surface area contributed by atoms with Gasteiger partial charge in [0.2, 0.25) is 0 Å². The number of nitrogens with zero attached hydrogens (tertiary/aromatic N) is 1. The normalized spacial score (nSPS) is 38.8. The molecule has 0 unspecified atom stereocenters. The molecule has 0 amide bonds. The molecule has 0 spiro atoms. The van der Waals surface area contributed by atoms with Crippen LogP contribution in [0.4, 0.5) is 0 Å².